The molecule has 0 saturated heterocycles. The van der Waals surface area contributed by atoms with Crippen molar-refractivity contribution >= 4 is 0 Å². The third-order valence-corrected chi connectivity index (χ3v) is 1.46. The van der Waals surface area contributed by atoms with Crippen LogP contribution in [0.1, 0.15) is 11.6 Å². The van der Waals surface area contributed by atoms with E-state index in [0.717, 1.165) is 5.76 Å². The number of hydrogen-bond acceptors (Lipinski definition) is 6. The molecule has 0 saturated carbocycles. The van der Waals surface area contributed by atoms with Gasteiger partial charge >= 0.3 is 0 Å². The van der Waals surface area contributed by atoms with Crippen LogP contribution in [-0.4, -0.2) is 25.6 Å². The number of nitrogens with zero attached hydrogens (tertiary/aromatic N) is 4. The van der Waals surface area contributed by atoms with E-state index in [-0.39, 0.29) is 0 Å². The van der Waals surface area contributed by atoms with Crippen LogP contribution in [0.5, 0.6) is 0 Å². The zero-order valence-electron chi connectivity index (χ0n) is 6.77. The molecular weight excluding hydrogens is 172 g/mol. The maximum atomic E-state index is 5.02. The molecule has 0 aromatic carbocycles. The van der Waals surface area contributed by atoms with E-state index in [9.17, 15) is 0 Å². The molecule has 2 aromatic rings. The number of rotatable bonds is 4. The summed E-state index contributed by atoms with van der Waals surface area (Å²) in [4.78, 5) is 3.78. The van der Waals surface area contributed by atoms with E-state index in [1.54, 1.807) is 6.20 Å². The standard InChI is InChI=1S/C6H8N6O/c1(5-2-8-4-13-5)7-3-6-9-11-12-10-6/h2,4,7H,1,3H2,(H,9,10,11,12). The monoisotopic (exact) mass is 180 g/mol. The largest absolute Gasteiger partial charge is 0.447 e. The topological polar surface area (TPSA) is 92.5 Å². The molecule has 7 nitrogen and oxygen atoms in total. The molecule has 2 rings (SSSR count). The molecule has 0 aliphatic rings. The van der Waals surface area contributed by atoms with Crippen LogP contribution < -0.4 is 5.32 Å². The average Bonchev–Trinajstić information content (AvgIpc) is 2.75. The highest BCUT2D eigenvalue weighted by molar-refractivity contribution is 4.87. The molecule has 2 aromatic heterocycles. The van der Waals surface area contributed by atoms with Gasteiger partial charge in [0.15, 0.2) is 12.2 Å². The van der Waals surface area contributed by atoms with Gasteiger partial charge in [-0.1, -0.05) is 5.21 Å². The van der Waals surface area contributed by atoms with Crippen LogP contribution in [0.15, 0.2) is 17.0 Å². The Bertz CT molecular complexity index is 294. The predicted octanol–water partition coefficient (Wildman–Crippen LogP) is -0.523. The fourth-order valence-electron chi connectivity index (χ4n) is 0.884. The predicted molar refractivity (Wildman–Crippen MR) is 41.2 cm³/mol. The fraction of sp³-hybridized carbons (Fsp3) is 0.333. The van der Waals surface area contributed by atoms with Gasteiger partial charge in [-0.15, -0.1) is 10.2 Å². The Hall–Kier alpha value is -1.76. The molecule has 2 heterocycles. The normalized spacial score (nSPS) is 10.5. The molecule has 0 spiro atoms. The van der Waals surface area contributed by atoms with Crippen molar-refractivity contribution in [1.82, 2.24) is 30.9 Å². The molecular formula is C6H8N6O. The third-order valence-electron chi connectivity index (χ3n) is 1.46. The Balaban J connectivity index is 1.76. The van der Waals surface area contributed by atoms with E-state index < -0.39 is 0 Å². The van der Waals surface area contributed by atoms with Crippen LogP contribution in [0.25, 0.3) is 0 Å². The van der Waals surface area contributed by atoms with Crippen LogP contribution in [0.2, 0.25) is 0 Å². The van der Waals surface area contributed by atoms with Gasteiger partial charge in [-0.05, 0) is 0 Å². The SMILES string of the molecule is c1ncc(CNCc2nn[nH]n2)o1. The van der Waals surface area contributed by atoms with Crippen LogP contribution in [0, 0.1) is 0 Å². The average molecular weight is 180 g/mol. The molecule has 0 aliphatic heterocycles. The van der Waals surface area contributed by atoms with Gasteiger partial charge in [0.25, 0.3) is 0 Å². The van der Waals surface area contributed by atoms with Crippen molar-refractivity contribution in [3.05, 3.63) is 24.2 Å². The lowest BCUT2D eigenvalue weighted by molar-refractivity contribution is 0.476. The van der Waals surface area contributed by atoms with Crippen molar-refractivity contribution in [1.29, 1.82) is 0 Å². The lowest BCUT2D eigenvalue weighted by Crippen LogP contribution is -2.13. The summed E-state index contributed by atoms with van der Waals surface area (Å²) >= 11 is 0. The fourth-order valence-corrected chi connectivity index (χ4v) is 0.884. The van der Waals surface area contributed by atoms with Crippen LogP contribution >= 0.6 is 0 Å². The van der Waals surface area contributed by atoms with Gasteiger partial charge in [-0.3, -0.25) is 0 Å². The van der Waals surface area contributed by atoms with Crippen molar-refractivity contribution in [2.24, 2.45) is 0 Å². The Morgan fingerprint density at radius 1 is 1.46 bits per heavy atom. The van der Waals surface area contributed by atoms with Crippen molar-refractivity contribution < 1.29 is 4.42 Å². The minimum atomic E-state index is 0.553. The van der Waals surface area contributed by atoms with Crippen molar-refractivity contribution in [3.63, 3.8) is 0 Å². The molecule has 0 aliphatic carbocycles. The lowest BCUT2D eigenvalue weighted by Gasteiger charge is -1.95. The van der Waals surface area contributed by atoms with Gasteiger partial charge in [0.05, 0.1) is 19.3 Å². The van der Waals surface area contributed by atoms with Gasteiger partial charge < -0.3 is 9.73 Å². The van der Waals surface area contributed by atoms with Gasteiger partial charge in [-0.25, -0.2) is 4.98 Å². The van der Waals surface area contributed by atoms with Gasteiger partial charge in [0, 0.05) is 0 Å². The first-order valence-corrected chi connectivity index (χ1v) is 3.75. The molecule has 0 fully saturated rings. The summed E-state index contributed by atoms with van der Waals surface area (Å²) in [6, 6.07) is 0. The second-order valence-electron chi connectivity index (χ2n) is 2.40. The van der Waals surface area contributed by atoms with E-state index in [1.807, 2.05) is 0 Å². The quantitative estimate of drug-likeness (QED) is 0.657. The number of H-pyrrole nitrogens is 1. The molecule has 0 bridgehead atoms. The molecule has 2 N–H and O–H groups in total. The second-order valence-corrected chi connectivity index (χ2v) is 2.40. The highest BCUT2D eigenvalue weighted by Gasteiger charge is 1.98. The number of tetrazole rings is 1. The summed E-state index contributed by atoms with van der Waals surface area (Å²) in [5, 5.41) is 16.4. The number of oxazole rings is 1. The van der Waals surface area contributed by atoms with E-state index in [0.29, 0.717) is 18.9 Å². The van der Waals surface area contributed by atoms with Crippen LogP contribution in [0.3, 0.4) is 0 Å². The van der Waals surface area contributed by atoms with Crippen LogP contribution in [-0.2, 0) is 13.1 Å². The number of hydrogen-bond donors (Lipinski definition) is 2. The maximum Gasteiger partial charge on any atom is 0.188 e. The summed E-state index contributed by atoms with van der Waals surface area (Å²) in [5.41, 5.74) is 0. The Morgan fingerprint density at radius 2 is 2.46 bits per heavy atom. The molecule has 0 unspecified atom stereocenters. The maximum absolute atomic E-state index is 5.02. The Morgan fingerprint density at radius 3 is 3.15 bits per heavy atom. The zero-order valence-corrected chi connectivity index (χ0v) is 6.77. The molecule has 0 amide bonds. The smallest absolute Gasteiger partial charge is 0.188 e. The van der Waals surface area contributed by atoms with E-state index >= 15 is 0 Å². The Labute approximate surface area is 73.6 Å². The third kappa shape index (κ3) is 2.09. The van der Waals surface area contributed by atoms with Gasteiger partial charge in [0.1, 0.15) is 5.76 Å². The van der Waals surface area contributed by atoms with Crippen LogP contribution in [0.4, 0.5) is 0 Å². The lowest BCUT2D eigenvalue weighted by atomic mass is 10.5. The van der Waals surface area contributed by atoms with E-state index in [4.69, 9.17) is 4.42 Å². The number of aromatic nitrogens is 5. The van der Waals surface area contributed by atoms with Gasteiger partial charge in [0.2, 0.25) is 0 Å². The number of nitrogens with one attached hydrogen (secondary N) is 2. The highest BCUT2D eigenvalue weighted by Crippen LogP contribution is 1.95. The Kier molecular flexibility index (Phi) is 2.28. The first-order chi connectivity index (χ1) is 6.45. The molecule has 7 heteroatoms. The summed E-state index contributed by atoms with van der Waals surface area (Å²) < 4.78 is 5.02. The molecule has 0 radical (unpaired) electrons. The van der Waals surface area contributed by atoms with E-state index in [2.05, 4.69) is 30.9 Å². The first kappa shape index (κ1) is 7.87. The molecule has 13 heavy (non-hydrogen) atoms. The summed E-state index contributed by atoms with van der Waals surface area (Å²) in [6.07, 6.45) is 3.05. The minimum absolute atomic E-state index is 0.553. The van der Waals surface area contributed by atoms with Crippen molar-refractivity contribution in [2.45, 2.75) is 13.1 Å². The van der Waals surface area contributed by atoms with E-state index in [1.165, 1.54) is 6.39 Å². The highest BCUT2D eigenvalue weighted by atomic mass is 16.3. The van der Waals surface area contributed by atoms with Crippen molar-refractivity contribution in [3.8, 4) is 0 Å². The summed E-state index contributed by atoms with van der Waals surface area (Å²) in [5.74, 6) is 1.41. The second kappa shape index (κ2) is 3.76. The number of aromatic amines is 1. The van der Waals surface area contributed by atoms with Gasteiger partial charge in [-0.2, -0.15) is 5.21 Å². The molecule has 68 valence electrons. The minimum Gasteiger partial charge on any atom is -0.447 e. The zero-order chi connectivity index (χ0) is 8.93. The molecule has 0 atom stereocenters. The first-order valence-electron chi connectivity index (χ1n) is 3.75. The summed E-state index contributed by atoms with van der Waals surface area (Å²) in [6.45, 7) is 1.16. The summed E-state index contributed by atoms with van der Waals surface area (Å²) in [7, 11) is 0. The van der Waals surface area contributed by atoms with Crippen molar-refractivity contribution in [2.75, 3.05) is 0 Å².